The van der Waals surface area contributed by atoms with Crippen LogP contribution in [-0.2, 0) is 10.0 Å². The molecule has 0 aliphatic heterocycles. The fraction of sp³-hybridized carbons (Fsp3) is 0. The van der Waals surface area contributed by atoms with Crippen molar-refractivity contribution in [2.75, 3.05) is 10.0 Å². The molecule has 1 aromatic heterocycles. The summed E-state index contributed by atoms with van der Waals surface area (Å²) < 4.78 is 28.0. The summed E-state index contributed by atoms with van der Waals surface area (Å²) in [5, 5.41) is 2.88. The van der Waals surface area contributed by atoms with E-state index in [0.29, 0.717) is 5.69 Å². The zero-order valence-electron chi connectivity index (χ0n) is 15.4. The highest BCUT2D eigenvalue weighted by Gasteiger charge is 2.15. The Bertz CT molecular complexity index is 1170. The van der Waals surface area contributed by atoms with Crippen LogP contribution in [0.25, 0.3) is 0 Å². The molecule has 2 aromatic carbocycles. The zero-order valence-corrected chi connectivity index (χ0v) is 17.8. The van der Waals surface area contributed by atoms with Crippen LogP contribution in [0.1, 0.15) is 0 Å². The van der Waals surface area contributed by atoms with E-state index in [4.69, 9.17) is 11.5 Å². The minimum Gasteiger partial charge on any atom is -0.369 e. The molecule has 0 fully saturated rings. The normalized spacial score (nSPS) is 12.4. The largest absolute Gasteiger partial charge is 0.369 e. The number of benzene rings is 2. The quantitative estimate of drug-likeness (QED) is 0.316. The van der Waals surface area contributed by atoms with Crippen molar-refractivity contribution >= 4 is 55.2 Å². The molecule has 3 rings (SSSR count). The maximum absolute atomic E-state index is 12.4. The monoisotopic (exact) mass is 488 g/mol. The standard InChI is InChI=1S/C18H17BrN8O2S/c19-12-2-4-13(5-3-12)24-16(20)26-17(21)25-14-6-8-15(9-7-14)30(28,29)27-18-22-10-1-11-23-18/h1-11H,(H,22,23,27)(H5,20,21,24,25,26). The second-order valence-electron chi connectivity index (χ2n) is 5.77. The van der Waals surface area contributed by atoms with Crippen LogP contribution < -0.4 is 21.5 Å². The lowest BCUT2D eigenvalue weighted by atomic mass is 10.3. The van der Waals surface area contributed by atoms with Gasteiger partial charge in [-0.15, -0.1) is 0 Å². The van der Waals surface area contributed by atoms with Crippen molar-refractivity contribution in [3.05, 3.63) is 71.5 Å². The summed E-state index contributed by atoms with van der Waals surface area (Å²) in [4.78, 5) is 15.8. The van der Waals surface area contributed by atoms with E-state index in [0.717, 1.165) is 10.2 Å². The van der Waals surface area contributed by atoms with E-state index in [2.05, 4.69) is 45.9 Å². The third-order valence-electron chi connectivity index (χ3n) is 3.53. The molecule has 0 radical (unpaired) electrons. The molecule has 0 saturated carbocycles. The van der Waals surface area contributed by atoms with Crippen LogP contribution in [0.5, 0.6) is 0 Å². The number of hydrogen-bond acceptors (Lipinski definition) is 5. The molecule has 0 aliphatic rings. The lowest BCUT2D eigenvalue weighted by Crippen LogP contribution is -2.26. The number of sulfonamides is 1. The number of nitrogens with zero attached hydrogens (tertiary/aromatic N) is 4. The molecule has 0 saturated heterocycles. The van der Waals surface area contributed by atoms with E-state index in [1.165, 1.54) is 36.7 Å². The predicted octanol–water partition coefficient (Wildman–Crippen LogP) is 2.41. The highest BCUT2D eigenvalue weighted by molar-refractivity contribution is 9.10. The Kier molecular flexibility index (Phi) is 6.59. The lowest BCUT2D eigenvalue weighted by Gasteiger charge is -2.06. The lowest BCUT2D eigenvalue weighted by molar-refractivity contribution is 0.601. The number of halogens is 1. The number of anilines is 2. The van der Waals surface area contributed by atoms with E-state index in [1.54, 1.807) is 6.07 Å². The van der Waals surface area contributed by atoms with Crippen LogP contribution in [0.3, 0.4) is 0 Å². The summed E-state index contributed by atoms with van der Waals surface area (Å²) in [6, 6.07) is 14.6. The molecule has 6 N–H and O–H groups in total. The van der Waals surface area contributed by atoms with Crippen LogP contribution in [0.15, 0.2) is 86.3 Å². The van der Waals surface area contributed by atoms with Gasteiger partial charge in [-0.05, 0) is 54.6 Å². The second kappa shape index (κ2) is 9.33. The summed E-state index contributed by atoms with van der Waals surface area (Å²) in [6.45, 7) is 0. The van der Waals surface area contributed by atoms with E-state index in [9.17, 15) is 8.42 Å². The number of aromatic nitrogens is 2. The molecule has 12 heteroatoms. The van der Waals surface area contributed by atoms with Crippen LogP contribution in [0.4, 0.5) is 17.3 Å². The molecule has 0 amide bonds. The van der Waals surface area contributed by atoms with Gasteiger partial charge in [-0.1, -0.05) is 15.9 Å². The van der Waals surface area contributed by atoms with Crippen LogP contribution >= 0.6 is 15.9 Å². The van der Waals surface area contributed by atoms with E-state index >= 15 is 0 Å². The minimum atomic E-state index is -3.83. The summed E-state index contributed by atoms with van der Waals surface area (Å²) in [5.74, 6) is -0.0553. The van der Waals surface area contributed by atoms with Gasteiger partial charge in [0.25, 0.3) is 10.0 Å². The molecular formula is C18H17BrN8O2S. The van der Waals surface area contributed by atoms with Gasteiger partial charge in [0.1, 0.15) is 0 Å². The fourth-order valence-electron chi connectivity index (χ4n) is 2.22. The molecule has 10 nitrogen and oxygen atoms in total. The molecule has 154 valence electrons. The average Bonchev–Trinajstić information content (AvgIpc) is 2.70. The van der Waals surface area contributed by atoms with Gasteiger partial charge in [0, 0.05) is 22.6 Å². The maximum Gasteiger partial charge on any atom is 0.264 e. The van der Waals surface area contributed by atoms with Crippen LogP contribution in [0, 0.1) is 0 Å². The molecule has 0 spiro atoms. The van der Waals surface area contributed by atoms with Crippen molar-refractivity contribution in [2.45, 2.75) is 4.90 Å². The topological polar surface area (TPSA) is 161 Å². The number of guanidine groups is 2. The number of hydrogen-bond donors (Lipinski definition) is 4. The van der Waals surface area contributed by atoms with Gasteiger partial charge < -0.3 is 16.8 Å². The first-order chi connectivity index (χ1) is 14.3. The van der Waals surface area contributed by atoms with E-state index < -0.39 is 10.0 Å². The molecule has 30 heavy (non-hydrogen) atoms. The first-order valence-corrected chi connectivity index (χ1v) is 10.7. The summed E-state index contributed by atoms with van der Waals surface area (Å²) in [7, 11) is -3.83. The molecule has 0 aliphatic carbocycles. The molecule has 0 bridgehead atoms. The van der Waals surface area contributed by atoms with Gasteiger partial charge in [0.15, 0.2) is 0 Å². The zero-order chi connectivity index (χ0) is 21.6. The Hall–Kier alpha value is -3.51. The highest BCUT2D eigenvalue weighted by Crippen LogP contribution is 2.18. The maximum atomic E-state index is 12.4. The van der Waals surface area contributed by atoms with Crippen molar-refractivity contribution in [2.24, 2.45) is 21.5 Å². The number of nitrogens with two attached hydrogens (primary N) is 2. The van der Waals surface area contributed by atoms with Crippen molar-refractivity contribution < 1.29 is 8.42 Å². The van der Waals surface area contributed by atoms with Gasteiger partial charge in [-0.3, -0.25) is 0 Å². The van der Waals surface area contributed by atoms with Gasteiger partial charge >= 0.3 is 0 Å². The van der Waals surface area contributed by atoms with Crippen LogP contribution in [0.2, 0.25) is 0 Å². The van der Waals surface area contributed by atoms with Crippen LogP contribution in [-0.4, -0.2) is 30.3 Å². The van der Waals surface area contributed by atoms with E-state index in [-0.39, 0.29) is 22.8 Å². The van der Waals surface area contributed by atoms with Gasteiger partial charge in [0.2, 0.25) is 17.9 Å². The first kappa shape index (κ1) is 21.2. The van der Waals surface area contributed by atoms with Crippen molar-refractivity contribution in [1.29, 1.82) is 0 Å². The molecule has 1 heterocycles. The SMILES string of the molecule is NC(=Nc1ccc(S(=O)(=O)Nc2ncccn2)cc1)/N=C(\N)Nc1ccc(Br)cc1. The Morgan fingerprint density at radius 1 is 0.967 bits per heavy atom. The number of rotatable bonds is 5. The fourth-order valence-corrected chi connectivity index (χ4v) is 3.44. The molecule has 0 atom stereocenters. The smallest absolute Gasteiger partial charge is 0.264 e. The van der Waals surface area contributed by atoms with Crippen molar-refractivity contribution in [3.63, 3.8) is 0 Å². The van der Waals surface area contributed by atoms with Gasteiger partial charge in [-0.25, -0.2) is 28.1 Å². The summed E-state index contributed by atoms with van der Waals surface area (Å²) >= 11 is 3.35. The average molecular weight is 489 g/mol. The van der Waals surface area contributed by atoms with Crippen molar-refractivity contribution in [3.8, 4) is 0 Å². The third-order valence-corrected chi connectivity index (χ3v) is 5.41. The molecule has 0 unspecified atom stereocenters. The van der Waals surface area contributed by atoms with Gasteiger partial charge in [0.05, 0.1) is 10.6 Å². The summed E-state index contributed by atoms with van der Waals surface area (Å²) in [5.41, 5.74) is 12.8. The van der Waals surface area contributed by atoms with Gasteiger partial charge in [-0.2, -0.15) is 4.99 Å². The predicted molar refractivity (Wildman–Crippen MR) is 120 cm³/mol. The Morgan fingerprint density at radius 2 is 1.60 bits per heavy atom. The number of aliphatic imine (C=N–C) groups is 2. The molecular weight excluding hydrogens is 472 g/mol. The number of nitrogens with one attached hydrogen (secondary N) is 2. The minimum absolute atomic E-state index is 0.0207. The third kappa shape index (κ3) is 5.99. The molecule has 3 aromatic rings. The summed E-state index contributed by atoms with van der Waals surface area (Å²) in [6.07, 6.45) is 2.87. The second-order valence-corrected chi connectivity index (χ2v) is 8.37. The Morgan fingerprint density at radius 3 is 2.23 bits per heavy atom. The highest BCUT2D eigenvalue weighted by atomic mass is 79.9. The Balaban J connectivity index is 1.69. The van der Waals surface area contributed by atoms with E-state index in [1.807, 2.05) is 24.3 Å². The first-order valence-electron chi connectivity index (χ1n) is 8.43. The van der Waals surface area contributed by atoms with Crippen molar-refractivity contribution in [1.82, 2.24) is 9.97 Å². The Labute approximate surface area is 181 Å².